The van der Waals surface area contributed by atoms with E-state index in [1.165, 1.54) is 4.90 Å². The van der Waals surface area contributed by atoms with Gasteiger partial charge in [0.1, 0.15) is 6.54 Å². The van der Waals surface area contributed by atoms with E-state index in [1.54, 1.807) is 31.6 Å². The van der Waals surface area contributed by atoms with E-state index in [2.05, 4.69) is 30.6 Å². The van der Waals surface area contributed by atoms with Crippen molar-refractivity contribution in [3.8, 4) is 11.4 Å². The van der Waals surface area contributed by atoms with Gasteiger partial charge in [0.15, 0.2) is 5.82 Å². The zero-order valence-electron chi connectivity index (χ0n) is 14.8. The summed E-state index contributed by atoms with van der Waals surface area (Å²) in [5.41, 5.74) is 0.803. The molecule has 0 atom stereocenters. The molecule has 1 fully saturated rings. The third-order valence-electron chi connectivity index (χ3n) is 4.17. The molecule has 3 aromatic heterocycles. The minimum Gasteiger partial charge on any atom is -0.339 e. The number of carbonyl (C=O) groups is 1. The predicted octanol–water partition coefficient (Wildman–Crippen LogP) is 1.78. The van der Waals surface area contributed by atoms with Gasteiger partial charge in [-0.2, -0.15) is 9.97 Å². The number of hydrogen-bond acceptors (Lipinski definition) is 8. The Bertz CT molecular complexity index is 904. The molecule has 27 heavy (non-hydrogen) atoms. The van der Waals surface area contributed by atoms with E-state index in [0.29, 0.717) is 36.5 Å². The van der Waals surface area contributed by atoms with Crippen LogP contribution in [0.5, 0.6) is 0 Å². The highest BCUT2D eigenvalue weighted by Crippen LogP contribution is 2.38. The monoisotopic (exact) mass is 369 g/mol. The van der Waals surface area contributed by atoms with Crippen molar-refractivity contribution in [2.24, 2.45) is 0 Å². The van der Waals surface area contributed by atoms with Crippen molar-refractivity contribution in [3.05, 3.63) is 42.1 Å². The molecule has 10 nitrogen and oxygen atoms in total. The highest BCUT2D eigenvalue weighted by atomic mass is 16.5. The fourth-order valence-electron chi connectivity index (χ4n) is 2.50. The van der Waals surface area contributed by atoms with E-state index in [1.807, 2.05) is 0 Å². The van der Waals surface area contributed by atoms with Crippen LogP contribution in [0.3, 0.4) is 0 Å². The number of nitrogens with zero attached hydrogens (tertiary/aromatic N) is 6. The Hall–Kier alpha value is -3.30. The number of rotatable bonds is 7. The Labute approximate surface area is 155 Å². The molecule has 3 aromatic rings. The van der Waals surface area contributed by atoms with Crippen molar-refractivity contribution < 1.29 is 13.8 Å². The zero-order chi connectivity index (χ0) is 18.6. The number of aromatic nitrogens is 5. The second-order valence-electron chi connectivity index (χ2n) is 6.41. The topological polar surface area (TPSA) is 123 Å². The van der Waals surface area contributed by atoms with Gasteiger partial charge in [-0.15, -0.1) is 0 Å². The first-order valence-corrected chi connectivity index (χ1v) is 8.73. The second-order valence-corrected chi connectivity index (χ2v) is 6.41. The van der Waals surface area contributed by atoms with Crippen LogP contribution in [0.15, 0.2) is 33.6 Å². The van der Waals surface area contributed by atoms with Crippen LogP contribution < -0.4 is 5.32 Å². The third-order valence-corrected chi connectivity index (χ3v) is 4.17. The average Bonchev–Trinajstić information content (AvgIpc) is 3.25. The molecule has 1 aliphatic carbocycles. The number of carbonyl (C=O) groups excluding carboxylic acids is 1. The molecule has 0 spiro atoms. The summed E-state index contributed by atoms with van der Waals surface area (Å²) in [6.07, 6.45) is 6.05. The number of nitrogens with one attached hydrogen (secondary N) is 1. The molecule has 0 unspecified atom stereocenters. The lowest BCUT2D eigenvalue weighted by atomic mass is 10.2. The Morgan fingerprint density at radius 3 is 2.74 bits per heavy atom. The molecule has 140 valence electrons. The molecule has 4 rings (SSSR count). The van der Waals surface area contributed by atoms with Gasteiger partial charge < -0.3 is 19.3 Å². The first-order chi connectivity index (χ1) is 13.2. The molecule has 0 bridgehead atoms. The smallest absolute Gasteiger partial charge is 0.317 e. The Morgan fingerprint density at radius 1 is 1.19 bits per heavy atom. The first kappa shape index (κ1) is 17.1. The van der Waals surface area contributed by atoms with Gasteiger partial charge in [0, 0.05) is 43.9 Å². The molecule has 1 N–H and O–H groups in total. The van der Waals surface area contributed by atoms with Gasteiger partial charge in [-0.25, -0.2) is 4.79 Å². The summed E-state index contributed by atoms with van der Waals surface area (Å²) >= 11 is 0. The molecule has 0 aliphatic heterocycles. The van der Waals surface area contributed by atoms with Crippen LogP contribution in [0.1, 0.15) is 36.4 Å². The number of hydrogen-bond donors (Lipinski definition) is 1. The molecule has 2 amide bonds. The molecule has 3 heterocycles. The molecule has 0 aromatic carbocycles. The maximum Gasteiger partial charge on any atom is 0.317 e. The predicted molar refractivity (Wildman–Crippen MR) is 92.4 cm³/mol. The van der Waals surface area contributed by atoms with E-state index in [9.17, 15) is 4.79 Å². The molecule has 1 aliphatic rings. The second kappa shape index (κ2) is 7.52. The van der Waals surface area contributed by atoms with Crippen molar-refractivity contribution >= 4 is 6.03 Å². The van der Waals surface area contributed by atoms with Gasteiger partial charge in [0.25, 0.3) is 0 Å². The van der Waals surface area contributed by atoms with Gasteiger partial charge >= 0.3 is 6.03 Å². The van der Waals surface area contributed by atoms with Gasteiger partial charge in [-0.1, -0.05) is 10.3 Å². The highest BCUT2D eigenvalue weighted by molar-refractivity contribution is 5.73. The van der Waals surface area contributed by atoms with Crippen LogP contribution >= 0.6 is 0 Å². The molecule has 0 radical (unpaired) electrons. The van der Waals surface area contributed by atoms with Crippen LogP contribution in [0.25, 0.3) is 11.4 Å². The van der Waals surface area contributed by atoms with Crippen LogP contribution in [0.4, 0.5) is 4.79 Å². The molecule has 0 saturated heterocycles. The molecule has 1 saturated carbocycles. The van der Waals surface area contributed by atoms with Crippen molar-refractivity contribution in [1.82, 2.24) is 35.5 Å². The summed E-state index contributed by atoms with van der Waals surface area (Å²) < 4.78 is 10.4. The lowest BCUT2D eigenvalue weighted by Crippen LogP contribution is -2.37. The fourth-order valence-corrected chi connectivity index (χ4v) is 2.50. The van der Waals surface area contributed by atoms with Crippen LogP contribution in [0.2, 0.25) is 0 Å². The zero-order valence-corrected chi connectivity index (χ0v) is 14.8. The van der Waals surface area contributed by atoms with E-state index in [0.717, 1.165) is 24.2 Å². The lowest BCUT2D eigenvalue weighted by molar-refractivity contribution is 0.199. The summed E-state index contributed by atoms with van der Waals surface area (Å²) in [6.45, 7) is 0.609. The minimum atomic E-state index is -0.249. The van der Waals surface area contributed by atoms with Crippen molar-refractivity contribution in [2.45, 2.75) is 31.7 Å². The van der Waals surface area contributed by atoms with Gasteiger partial charge in [-0.3, -0.25) is 4.98 Å². The summed E-state index contributed by atoms with van der Waals surface area (Å²) in [5.74, 6) is 2.58. The van der Waals surface area contributed by atoms with E-state index in [4.69, 9.17) is 9.05 Å². The fraction of sp³-hybridized carbons (Fsp3) is 0.412. The quantitative estimate of drug-likeness (QED) is 0.668. The SMILES string of the molecule is CN(Cc1nc(-c2ccncc2)no1)C(=O)NCCc1nc(C2CC2)no1. The third kappa shape index (κ3) is 4.27. The Kier molecular flexibility index (Phi) is 4.77. The number of urea groups is 1. The Balaban J connectivity index is 1.24. The number of pyridine rings is 1. The molecular weight excluding hydrogens is 350 g/mol. The summed E-state index contributed by atoms with van der Waals surface area (Å²) in [5, 5.41) is 10.7. The minimum absolute atomic E-state index is 0.205. The van der Waals surface area contributed by atoms with Crippen LogP contribution in [-0.2, 0) is 13.0 Å². The normalized spacial score (nSPS) is 13.5. The van der Waals surface area contributed by atoms with Gasteiger partial charge in [0.2, 0.25) is 17.6 Å². The summed E-state index contributed by atoms with van der Waals surface area (Å²) in [4.78, 5) is 26.2. The standard InChI is InChI=1S/C17H19N7O3/c1-24(10-14-21-16(23-27-14)12-4-7-18-8-5-12)17(25)19-9-6-13-20-15(22-26-13)11-2-3-11/h4-5,7-8,11H,2-3,6,9-10H2,1H3,(H,19,25). The van der Waals surface area contributed by atoms with E-state index < -0.39 is 0 Å². The largest absolute Gasteiger partial charge is 0.339 e. The Morgan fingerprint density at radius 2 is 1.96 bits per heavy atom. The maximum atomic E-state index is 12.2. The van der Waals surface area contributed by atoms with Crippen LogP contribution in [0, 0.1) is 0 Å². The molecule has 10 heteroatoms. The summed E-state index contributed by atoms with van der Waals surface area (Å²) in [6, 6.07) is 3.33. The van der Waals surface area contributed by atoms with Crippen molar-refractivity contribution in [2.75, 3.05) is 13.6 Å². The molecular formula is C17H19N7O3. The van der Waals surface area contributed by atoms with E-state index in [-0.39, 0.29) is 12.6 Å². The van der Waals surface area contributed by atoms with Gasteiger partial charge in [0.05, 0.1) is 0 Å². The maximum absolute atomic E-state index is 12.2. The number of amides is 2. The summed E-state index contributed by atoms with van der Waals surface area (Å²) in [7, 11) is 1.66. The van der Waals surface area contributed by atoms with Crippen molar-refractivity contribution in [1.29, 1.82) is 0 Å². The van der Waals surface area contributed by atoms with E-state index >= 15 is 0 Å². The average molecular weight is 369 g/mol. The first-order valence-electron chi connectivity index (χ1n) is 8.73. The lowest BCUT2D eigenvalue weighted by Gasteiger charge is -2.15. The van der Waals surface area contributed by atoms with Gasteiger partial charge in [-0.05, 0) is 25.0 Å². The highest BCUT2D eigenvalue weighted by Gasteiger charge is 2.28. The van der Waals surface area contributed by atoms with Crippen molar-refractivity contribution in [3.63, 3.8) is 0 Å². The van der Waals surface area contributed by atoms with Crippen LogP contribution in [-0.4, -0.2) is 49.8 Å².